The Morgan fingerprint density at radius 3 is 2.48 bits per heavy atom. The molecule has 21 heavy (non-hydrogen) atoms. The lowest BCUT2D eigenvalue weighted by Gasteiger charge is -2.20. The van der Waals surface area contributed by atoms with Crippen LogP contribution in [-0.4, -0.2) is 24.1 Å². The molecule has 0 aliphatic rings. The second-order valence-corrected chi connectivity index (χ2v) is 5.85. The highest BCUT2D eigenvalue weighted by Crippen LogP contribution is 2.20. The number of aliphatic hydroxyl groups excluding tert-OH is 1. The third-order valence-corrected chi connectivity index (χ3v) is 3.90. The largest absolute Gasteiger partial charge is 0.387 e. The predicted molar refractivity (Wildman–Crippen MR) is 85.6 cm³/mol. The summed E-state index contributed by atoms with van der Waals surface area (Å²) in [4.78, 5) is 11.9. The van der Waals surface area contributed by atoms with E-state index in [1.807, 2.05) is 30.3 Å². The molecule has 4 nitrogen and oxygen atoms in total. The van der Waals surface area contributed by atoms with E-state index in [4.69, 9.17) is 5.73 Å². The Balaban J connectivity index is 2.30. The van der Waals surface area contributed by atoms with Crippen molar-refractivity contribution in [2.45, 2.75) is 39.2 Å². The van der Waals surface area contributed by atoms with Crippen LogP contribution < -0.4 is 11.1 Å². The van der Waals surface area contributed by atoms with Gasteiger partial charge in [-0.3, -0.25) is 4.79 Å². The maximum atomic E-state index is 11.9. The van der Waals surface area contributed by atoms with Crippen molar-refractivity contribution in [1.82, 2.24) is 5.32 Å². The smallest absolute Gasteiger partial charge is 0.220 e. The van der Waals surface area contributed by atoms with Gasteiger partial charge in [-0.15, -0.1) is 0 Å². The minimum absolute atomic E-state index is 0.00680. The molecule has 0 saturated carbocycles. The zero-order valence-corrected chi connectivity index (χ0v) is 13.1. The van der Waals surface area contributed by atoms with Crippen molar-refractivity contribution in [2.24, 2.45) is 17.6 Å². The van der Waals surface area contributed by atoms with E-state index in [9.17, 15) is 9.90 Å². The molecule has 0 aliphatic heterocycles. The van der Waals surface area contributed by atoms with E-state index in [-0.39, 0.29) is 12.5 Å². The summed E-state index contributed by atoms with van der Waals surface area (Å²) in [6.45, 7) is 5.25. The minimum atomic E-state index is -0.653. The van der Waals surface area contributed by atoms with E-state index >= 15 is 0 Å². The van der Waals surface area contributed by atoms with E-state index in [1.54, 1.807) is 0 Å². The Kier molecular flexibility index (Phi) is 8.01. The van der Waals surface area contributed by atoms with Crippen molar-refractivity contribution < 1.29 is 9.90 Å². The number of carbonyl (C=O) groups is 1. The Morgan fingerprint density at radius 2 is 1.90 bits per heavy atom. The van der Waals surface area contributed by atoms with Gasteiger partial charge in [-0.2, -0.15) is 0 Å². The number of rotatable bonds is 9. The standard InChI is InChI=1S/C17H28N2O2/c1-13(2)14(10-11-18)8-9-17(21)19-12-16(20)15-6-4-3-5-7-15/h3-7,13-14,16,20H,8-12,18H2,1-2H3,(H,19,21). The van der Waals surface area contributed by atoms with Crippen molar-refractivity contribution in [2.75, 3.05) is 13.1 Å². The van der Waals surface area contributed by atoms with Crippen molar-refractivity contribution >= 4 is 5.91 Å². The van der Waals surface area contributed by atoms with Crippen molar-refractivity contribution in [3.63, 3.8) is 0 Å². The average molecular weight is 292 g/mol. The molecule has 4 heteroatoms. The zero-order valence-electron chi connectivity index (χ0n) is 13.1. The second-order valence-electron chi connectivity index (χ2n) is 5.85. The van der Waals surface area contributed by atoms with Crippen LogP contribution in [0, 0.1) is 11.8 Å². The molecule has 0 radical (unpaired) electrons. The van der Waals surface area contributed by atoms with Gasteiger partial charge >= 0.3 is 0 Å². The third kappa shape index (κ3) is 6.74. The Hall–Kier alpha value is -1.39. The van der Waals surface area contributed by atoms with E-state index in [1.165, 1.54) is 0 Å². The molecule has 0 saturated heterocycles. The highest BCUT2D eigenvalue weighted by atomic mass is 16.3. The highest BCUT2D eigenvalue weighted by Gasteiger charge is 2.15. The molecule has 0 aromatic heterocycles. The molecule has 1 aromatic rings. The molecule has 2 atom stereocenters. The summed E-state index contributed by atoms with van der Waals surface area (Å²) in [7, 11) is 0. The summed E-state index contributed by atoms with van der Waals surface area (Å²) >= 11 is 0. The third-order valence-electron chi connectivity index (χ3n) is 3.90. The van der Waals surface area contributed by atoms with E-state index < -0.39 is 6.10 Å². The van der Waals surface area contributed by atoms with Crippen LogP contribution in [0.5, 0.6) is 0 Å². The monoisotopic (exact) mass is 292 g/mol. The number of carbonyl (C=O) groups excluding carboxylic acids is 1. The molecular formula is C17H28N2O2. The fourth-order valence-corrected chi connectivity index (χ4v) is 2.43. The first-order valence-corrected chi connectivity index (χ1v) is 7.74. The molecule has 118 valence electrons. The molecule has 0 heterocycles. The van der Waals surface area contributed by atoms with Gasteiger partial charge in [-0.1, -0.05) is 44.2 Å². The molecule has 1 rings (SSSR count). The lowest BCUT2D eigenvalue weighted by molar-refractivity contribution is -0.121. The van der Waals surface area contributed by atoms with Gasteiger partial charge in [0, 0.05) is 13.0 Å². The first-order valence-electron chi connectivity index (χ1n) is 7.74. The second kappa shape index (κ2) is 9.53. The summed E-state index contributed by atoms with van der Waals surface area (Å²) in [5, 5.41) is 12.8. The van der Waals surface area contributed by atoms with Crippen LogP contribution in [0.15, 0.2) is 30.3 Å². The highest BCUT2D eigenvalue weighted by molar-refractivity contribution is 5.75. The zero-order chi connectivity index (χ0) is 15.7. The molecular weight excluding hydrogens is 264 g/mol. The summed E-state index contributed by atoms with van der Waals surface area (Å²) in [5.41, 5.74) is 6.42. The Bertz CT molecular complexity index is 407. The maximum Gasteiger partial charge on any atom is 0.220 e. The first kappa shape index (κ1) is 17.7. The van der Waals surface area contributed by atoms with Gasteiger partial charge in [0.05, 0.1) is 6.10 Å². The van der Waals surface area contributed by atoms with Crippen molar-refractivity contribution in [1.29, 1.82) is 0 Å². The fourth-order valence-electron chi connectivity index (χ4n) is 2.43. The molecule has 2 unspecified atom stereocenters. The molecule has 0 aliphatic carbocycles. The molecule has 0 bridgehead atoms. The number of nitrogens with two attached hydrogens (primary N) is 1. The lowest BCUT2D eigenvalue weighted by Crippen LogP contribution is -2.29. The van der Waals surface area contributed by atoms with Crippen molar-refractivity contribution in [3.8, 4) is 0 Å². The Morgan fingerprint density at radius 1 is 1.24 bits per heavy atom. The number of amides is 1. The Labute approximate surface area is 127 Å². The first-order chi connectivity index (χ1) is 10.0. The molecule has 1 aromatic carbocycles. The molecule has 1 amide bonds. The van der Waals surface area contributed by atoms with E-state index in [0.29, 0.717) is 24.8 Å². The van der Waals surface area contributed by atoms with Crippen LogP contribution in [0.25, 0.3) is 0 Å². The normalized spacial score (nSPS) is 14.0. The van der Waals surface area contributed by atoms with Gasteiger partial charge in [0.15, 0.2) is 0 Å². The van der Waals surface area contributed by atoms with E-state index in [0.717, 1.165) is 18.4 Å². The number of aliphatic hydroxyl groups is 1. The minimum Gasteiger partial charge on any atom is -0.387 e. The van der Waals surface area contributed by atoms with Gasteiger partial charge in [0.25, 0.3) is 0 Å². The summed E-state index contributed by atoms with van der Waals surface area (Å²) in [5.74, 6) is 1.02. The van der Waals surface area contributed by atoms with Crippen LogP contribution >= 0.6 is 0 Å². The average Bonchev–Trinajstić information content (AvgIpc) is 2.49. The summed E-state index contributed by atoms with van der Waals surface area (Å²) in [6, 6.07) is 9.36. The van der Waals surface area contributed by atoms with Crippen LogP contribution in [0.4, 0.5) is 0 Å². The van der Waals surface area contributed by atoms with Crippen LogP contribution in [-0.2, 0) is 4.79 Å². The number of hydrogen-bond acceptors (Lipinski definition) is 3. The van der Waals surface area contributed by atoms with Gasteiger partial charge in [0.1, 0.15) is 0 Å². The molecule has 4 N–H and O–H groups in total. The number of hydrogen-bond donors (Lipinski definition) is 3. The summed E-state index contributed by atoms with van der Waals surface area (Å²) < 4.78 is 0. The molecule has 0 spiro atoms. The predicted octanol–water partition coefficient (Wildman–Crippen LogP) is 2.24. The lowest BCUT2D eigenvalue weighted by atomic mass is 9.88. The van der Waals surface area contributed by atoms with Gasteiger partial charge < -0.3 is 16.2 Å². The van der Waals surface area contributed by atoms with Gasteiger partial charge in [-0.25, -0.2) is 0 Å². The topological polar surface area (TPSA) is 75.4 Å². The van der Waals surface area contributed by atoms with Crippen LogP contribution in [0.3, 0.4) is 0 Å². The quantitative estimate of drug-likeness (QED) is 0.653. The van der Waals surface area contributed by atoms with Gasteiger partial charge in [-0.05, 0) is 36.8 Å². The van der Waals surface area contributed by atoms with Gasteiger partial charge in [0.2, 0.25) is 5.91 Å². The fraction of sp³-hybridized carbons (Fsp3) is 0.588. The summed E-state index contributed by atoms with van der Waals surface area (Å²) in [6.07, 6.45) is 1.64. The van der Waals surface area contributed by atoms with Crippen LogP contribution in [0.1, 0.15) is 44.8 Å². The number of benzene rings is 1. The molecule has 0 fully saturated rings. The maximum absolute atomic E-state index is 11.9. The van der Waals surface area contributed by atoms with Crippen LogP contribution in [0.2, 0.25) is 0 Å². The SMILES string of the molecule is CC(C)C(CCN)CCC(=O)NCC(O)c1ccccc1. The number of nitrogens with one attached hydrogen (secondary N) is 1. The van der Waals surface area contributed by atoms with E-state index in [2.05, 4.69) is 19.2 Å². The van der Waals surface area contributed by atoms with Crippen molar-refractivity contribution in [3.05, 3.63) is 35.9 Å².